The van der Waals surface area contributed by atoms with E-state index in [0.29, 0.717) is 18.5 Å². The van der Waals surface area contributed by atoms with Crippen molar-refractivity contribution in [2.75, 3.05) is 6.54 Å². The second-order valence-corrected chi connectivity index (χ2v) is 8.21. The van der Waals surface area contributed by atoms with Crippen molar-refractivity contribution < 1.29 is 38.5 Å². The van der Waals surface area contributed by atoms with Crippen molar-refractivity contribution in [3.05, 3.63) is 47.5 Å². The maximum Gasteiger partial charge on any atom is 0.308 e. The number of hydrogen-bond acceptors (Lipinski definition) is 9. The van der Waals surface area contributed by atoms with Crippen molar-refractivity contribution in [3.8, 4) is 23.0 Å². The van der Waals surface area contributed by atoms with Crippen LogP contribution in [0.1, 0.15) is 44.7 Å². The summed E-state index contributed by atoms with van der Waals surface area (Å²) in [6, 6.07) is 9.16. The molecule has 0 aromatic heterocycles. The molecule has 186 valence electrons. The predicted octanol–water partition coefficient (Wildman–Crippen LogP) is 2.45. The molecule has 35 heavy (non-hydrogen) atoms. The number of phenols is 1. The van der Waals surface area contributed by atoms with E-state index in [9.17, 15) is 24.3 Å². The van der Waals surface area contributed by atoms with Gasteiger partial charge < -0.3 is 24.6 Å². The molecular weight excluding hydrogens is 456 g/mol. The van der Waals surface area contributed by atoms with E-state index in [-0.39, 0.29) is 41.5 Å². The number of hydrogen-bond donors (Lipinski definition) is 2. The highest BCUT2D eigenvalue weighted by molar-refractivity contribution is 5.82. The first-order valence-corrected chi connectivity index (χ1v) is 11.1. The molecule has 1 aliphatic heterocycles. The summed E-state index contributed by atoms with van der Waals surface area (Å²) in [7, 11) is 0. The minimum absolute atomic E-state index is 0.0878. The van der Waals surface area contributed by atoms with Crippen LogP contribution in [0.3, 0.4) is 0 Å². The van der Waals surface area contributed by atoms with Gasteiger partial charge in [-0.2, -0.15) is 0 Å². The summed E-state index contributed by atoms with van der Waals surface area (Å²) >= 11 is 0. The van der Waals surface area contributed by atoms with Gasteiger partial charge in [0.15, 0.2) is 23.0 Å². The third-order valence-corrected chi connectivity index (χ3v) is 5.31. The van der Waals surface area contributed by atoms with Crippen LogP contribution in [-0.2, 0) is 32.3 Å². The molecule has 1 aliphatic rings. The number of rotatable bonds is 8. The maximum atomic E-state index is 12.9. The van der Waals surface area contributed by atoms with Crippen LogP contribution < -0.4 is 19.5 Å². The summed E-state index contributed by atoms with van der Waals surface area (Å²) < 4.78 is 15.1. The Hall–Kier alpha value is -3.92. The van der Waals surface area contributed by atoms with Crippen LogP contribution in [0.15, 0.2) is 36.4 Å². The van der Waals surface area contributed by atoms with Crippen molar-refractivity contribution in [2.24, 2.45) is 0 Å². The molecule has 10 heteroatoms. The van der Waals surface area contributed by atoms with Gasteiger partial charge in [0.2, 0.25) is 5.91 Å². The van der Waals surface area contributed by atoms with Crippen LogP contribution in [0.5, 0.6) is 23.0 Å². The lowest BCUT2D eigenvalue weighted by Gasteiger charge is -2.24. The van der Waals surface area contributed by atoms with Gasteiger partial charge >= 0.3 is 17.9 Å². The van der Waals surface area contributed by atoms with E-state index in [0.717, 1.165) is 18.5 Å². The number of aromatic hydroxyl groups is 1. The van der Waals surface area contributed by atoms with Crippen molar-refractivity contribution in [2.45, 2.75) is 52.7 Å². The molecule has 0 radical (unpaired) electrons. The lowest BCUT2D eigenvalue weighted by molar-refractivity contribution is -0.134. The molecule has 1 heterocycles. The minimum Gasteiger partial charge on any atom is -0.504 e. The van der Waals surface area contributed by atoms with Crippen LogP contribution >= 0.6 is 0 Å². The monoisotopic (exact) mass is 484 g/mol. The first-order valence-electron chi connectivity index (χ1n) is 11.1. The van der Waals surface area contributed by atoms with Crippen LogP contribution in [0.4, 0.5) is 0 Å². The Morgan fingerprint density at radius 2 is 1.49 bits per heavy atom. The number of nitrogens with one attached hydrogen (secondary N) is 1. The number of carbonyl (C=O) groups is 4. The van der Waals surface area contributed by atoms with Crippen LogP contribution in [0, 0.1) is 0 Å². The third-order valence-electron chi connectivity index (χ3n) is 5.31. The zero-order valence-corrected chi connectivity index (χ0v) is 19.8. The molecule has 1 fully saturated rings. The van der Waals surface area contributed by atoms with Crippen LogP contribution in [0.2, 0.25) is 0 Å². The lowest BCUT2D eigenvalue weighted by Crippen LogP contribution is -2.42. The van der Waals surface area contributed by atoms with E-state index in [1.54, 1.807) is 18.2 Å². The largest absolute Gasteiger partial charge is 0.504 e. The molecule has 10 nitrogen and oxygen atoms in total. The Balaban J connectivity index is 1.63. The van der Waals surface area contributed by atoms with E-state index in [2.05, 4.69) is 5.32 Å². The predicted molar refractivity (Wildman–Crippen MR) is 124 cm³/mol. The molecule has 1 atom stereocenters. The molecule has 2 aromatic rings. The van der Waals surface area contributed by atoms with Gasteiger partial charge in [-0.25, -0.2) is 0 Å². The Morgan fingerprint density at radius 1 is 0.886 bits per heavy atom. The van der Waals surface area contributed by atoms with E-state index in [1.807, 2.05) is 4.90 Å². The highest BCUT2D eigenvalue weighted by Crippen LogP contribution is 2.30. The fraction of sp³-hybridized carbons (Fsp3) is 0.360. The molecule has 1 saturated heterocycles. The molecular formula is C25H28N2O8. The van der Waals surface area contributed by atoms with E-state index < -0.39 is 17.9 Å². The lowest BCUT2D eigenvalue weighted by atomic mass is 10.1. The summed E-state index contributed by atoms with van der Waals surface area (Å²) in [5, 5.41) is 13.0. The second kappa shape index (κ2) is 11.5. The second-order valence-electron chi connectivity index (χ2n) is 8.21. The van der Waals surface area contributed by atoms with Crippen molar-refractivity contribution in [3.63, 3.8) is 0 Å². The molecule has 2 aromatic carbocycles. The quantitative estimate of drug-likeness (QED) is 0.428. The average Bonchev–Trinajstić information content (AvgIpc) is 3.23. The van der Waals surface area contributed by atoms with Crippen molar-refractivity contribution in [1.82, 2.24) is 10.2 Å². The Kier molecular flexibility index (Phi) is 8.43. The molecule has 2 N–H and O–H groups in total. The fourth-order valence-corrected chi connectivity index (χ4v) is 3.89. The molecule has 0 saturated carbocycles. The number of carbonyl (C=O) groups excluding carboxylic acids is 4. The van der Waals surface area contributed by atoms with E-state index >= 15 is 0 Å². The van der Waals surface area contributed by atoms with Gasteiger partial charge in [0.05, 0.1) is 6.04 Å². The first-order chi connectivity index (χ1) is 16.6. The van der Waals surface area contributed by atoms with Gasteiger partial charge in [0, 0.05) is 33.9 Å². The van der Waals surface area contributed by atoms with Gasteiger partial charge in [-0.05, 0) is 54.8 Å². The van der Waals surface area contributed by atoms with Crippen LogP contribution in [0.25, 0.3) is 0 Å². The molecule has 0 spiro atoms. The highest BCUT2D eigenvalue weighted by atomic mass is 16.6. The SMILES string of the molecule is CC(=O)Oc1ccc(CN2CCCC2C(=O)NCc2ccc(OC(C)=O)c(OC(C)=O)c2)cc1O. The van der Waals surface area contributed by atoms with E-state index in [4.69, 9.17) is 14.2 Å². The molecule has 0 bridgehead atoms. The standard InChI is InChI=1S/C25H28N2O8/c1-15(28)33-22-8-7-19(11-21(22)31)14-27-10-4-5-20(27)25(32)26-13-18-6-9-23(34-16(2)29)24(12-18)35-17(3)30/h6-9,11-12,20,31H,4-5,10,13-14H2,1-3H3,(H,26,32). The topological polar surface area (TPSA) is 131 Å². The van der Waals surface area contributed by atoms with Gasteiger partial charge in [-0.15, -0.1) is 0 Å². The Labute approximate surface area is 202 Å². The zero-order valence-electron chi connectivity index (χ0n) is 19.8. The fourth-order valence-electron chi connectivity index (χ4n) is 3.89. The van der Waals surface area contributed by atoms with Crippen molar-refractivity contribution >= 4 is 23.8 Å². The Bertz CT molecular complexity index is 1130. The summed E-state index contributed by atoms with van der Waals surface area (Å²) in [6.07, 6.45) is 1.54. The number of ether oxygens (including phenoxy) is 3. The highest BCUT2D eigenvalue weighted by Gasteiger charge is 2.30. The molecule has 1 unspecified atom stereocenters. The molecule has 3 rings (SSSR count). The summed E-state index contributed by atoms with van der Waals surface area (Å²) in [6.45, 7) is 5.10. The Morgan fingerprint density at radius 3 is 2.14 bits per heavy atom. The molecule has 0 aliphatic carbocycles. The third kappa shape index (κ3) is 7.28. The number of phenolic OH excluding ortho intramolecular Hbond substituents is 1. The molecule has 1 amide bonds. The summed E-state index contributed by atoms with van der Waals surface area (Å²) in [4.78, 5) is 48.7. The summed E-state index contributed by atoms with van der Waals surface area (Å²) in [5.74, 6) is -1.62. The van der Waals surface area contributed by atoms with Crippen LogP contribution in [-0.4, -0.2) is 46.4 Å². The average molecular weight is 485 g/mol. The smallest absolute Gasteiger partial charge is 0.308 e. The number of esters is 3. The number of nitrogens with zero attached hydrogens (tertiary/aromatic N) is 1. The van der Waals surface area contributed by atoms with Gasteiger partial charge in [-0.3, -0.25) is 24.1 Å². The van der Waals surface area contributed by atoms with Crippen molar-refractivity contribution in [1.29, 1.82) is 0 Å². The number of benzene rings is 2. The van der Waals surface area contributed by atoms with Gasteiger partial charge in [0.25, 0.3) is 0 Å². The first kappa shape index (κ1) is 25.7. The summed E-state index contributed by atoms with van der Waals surface area (Å²) in [5.41, 5.74) is 1.45. The maximum absolute atomic E-state index is 12.9. The van der Waals surface area contributed by atoms with Gasteiger partial charge in [0.1, 0.15) is 0 Å². The number of amides is 1. The minimum atomic E-state index is -0.562. The normalized spacial score (nSPS) is 15.3. The zero-order chi connectivity index (χ0) is 25.5. The van der Waals surface area contributed by atoms with E-state index in [1.165, 1.54) is 39.0 Å². The number of likely N-dealkylation sites (tertiary alicyclic amines) is 1. The van der Waals surface area contributed by atoms with Gasteiger partial charge in [-0.1, -0.05) is 12.1 Å².